The first-order valence-corrected chi connectivity index (χ1v) is 8.27. The van der Waals surface area contributed by atoms with Crippen molar-refractivity contribution in [3.63, 3.8) is 0 Å². The summed E-state index contributed by atoms with van der Waals surface area (Å²) >= 11 is 0. The molecule has 2 fully saturated rings. The lowest BCUT2D eigenvalue weighted by Gasteiger charge is -2.29. The van der Waals surface area contributed by atoms with Gasteiger partial charge in [0.05, 0.1) is 6.10 Å². The first-order chi connectivity index (χ1) is 10.6. The molecule has 0 aliphatic carbocycles. The lowest BCUT2D eigenvalue weighted by atomic mass is 10.1. The summed E-state index contributed by atoms with van der Waals surface area (Å²) in [4.78, 5) is 4.21. The van der Waals surface area contributed by atoms with Crippen molar-refractivity contribution >= 4 is 5.69 Å². The van der Waals surface area contributed by atoms with E-state index < -0.39 is 11.6 Å². The van der Waals surface area contributed by atoms with Gasteiger partial charge in [0.1, 0.15) is 11.6 Å². The zero-order valence-corrected chi connectivity index (χ0v) is 12.9. The normalized spacial score (nSPS) is 20.8. The molecule has 122 valence electrons. The van der Waals surface area contributed by atoms with Gasteiger partial charge in [0.25, 0.3) is 0 Å². The molecule has 0 amide bonds. The molecule has 1 N–H and O–H groups in total. The lowest BCUT2D eigenvalue weighted by Crippen LogP contribution is -2.37. The number of anilines is 1. The molecule has 2 aliphatic heterocycles. The highest BCUT2D eigenvalue weighted by Crippen LogP contribution is 2.25. The third-order valence-electron chi connectivity index (χ3n) is 4.83. The molecule has 2 saturated heterocycles. The van der Waals surface area contributed by atoms with E-state index in [2.05, 4.69) is 4.90 Å². The summed E-state index contributed by atoms with van der Waals surface area (Å²) < 4.78 is 28.5. The molecule has 0 saturated carbocycles. The molecule has 2 heterocycles. The second kappa shape index (κ2) is 6.92. The fraction of sp³-hybridized carbons (Fsp3) is 0.647. The van der Waals surface area contributed by atoms with E-state index in [4.69, 9.17) is 0 Å². The van der Waals surface area contributed by atoms with E-state index in [1.807, 2.05) is 4.90 Å². The van der Waals surface area contributed by atoms with Gasteiger partial charge in [-0.05, 0) is 44.2 Å². The minimum absolute atomic E-state index is 0.189. The highest BCUT2D eigenvalue weighted by atomic mass is 19.1. The van der Waals surface area contributed by atoms with Crippen LogP contribution in [0.15, 0.2) is 12.1 Å². The summed E-state index contributed by atoms with van der Waals surface area (Å²) in [6.07, 6.45) is 3.84. The van der Waals surface area contributed by atoms with E-state index >= 15 is 0 Å². The lowest BCUT2D eigenvalue weighted by molar-refractivity contribution is 0.0830. The van der Waals surface area contributed by atoms with E-state index in [1.54, 1.807) is 0 Å². The number of aliphatic hydroxyl groups excluding tert-OH is 1. The van der Waals surface area contributed by atoms with Gasteiger partial charge in [-0.3, -0.25) is 0 Å². The van der Waals surface area contributed by atoms with Gasteiger partial charge < -0.3 is 14.9 Å². The van der Waals surface area contributed by atoms with Crippen molar-refractivity contribution in [3.05, 3.63) is 29.3 Å². The summed E-state index contributed by atoms with van der Waals surface area (Å²) in [5, 5.41) is 9.48. The summed E-state index contributed by atoms with van der Waals surface area (Å²) in [6.45, 7) is 4.01. The Morgan fingerprint density at radius 3 is 2.18 bits per heavy atom. The Bertz CT molecular complexity index is 486. The van der Waals surface area contributed by atoms with Crippen molar-refractivity contribution in [2.75, 3.05) is 37.6 Å². The van der Waals surface area contributed by atoms with Crippen LogP contribution in [0, 0.1) is 11.6 Å². The van der Waals surface area contributed by atoms with Crippen molar-refractivity contribution in [1.82, 2.24) is 4.90 Å². The van der Waals surface area contributed by atoms with Gasteiger partial charge in [-0.2, -0.15) is 0 Å². The maximum absolute atomic E-state index is 14.3. The van der Waals surface area contributed by atoms with Crippen molar-refractivity contribution in [1.29, 1.82) is 0 Å². The average molecular weight is 310 g/mol. The monoisotopic (exact) mass is 310 g/mol. The van der Waals surface area contributed by atoms with Crippen LogP contribution in [-0.2, 0) is 6.42 Å². The molecule has 0 spiro atoms. The smallest absolute Gasteiger partial charge is 0.131 e. The molecule has 5 heteroatoms. The fourth-order valence-electron chi connectivity index (χ4n) is 3.40. The SMILES string of the molecule is OC1CCN(CCc2c(F)cc(N3CCCC3)cc2F)CC1. The summed E-state index contributed by atoms with van der Waals surface area (Å²) in [7, 11) is 0. The van der Waals surface area contributed by atoms with Gasteiger partial charge in [0.15, 0.2) is 0 Å². The number of aliphatic hydroxyl groups is 1. The second-order valence-corrected chi connectivity index (χ2v) is 6.40. The first kappa shape index (κ1) is 15.7. The average Bonchev–Trinajstić information content (AvgIpc) is 3.02. The predicted molar refractivity (Wildman–Crippen MR) is 83.2 cm³/mol. The predicted octanol–water partition coefficient (Wildman–Crippen LogP) is 2.56. The van der Waals surface area contributed by atoms with E-state index in [1.165, 1.54) is 12.1 Å². The quantitative estimate of drug-likeness (QED) is 0.926. The Morgan fingerprint density at radius 2 is 1.59 bits per heavy atom. The van der Waals surface area contributed by atoms with Gasteiger partial charge in [0.2, 0.25) is 0 Å². The van der Waals surface area contributed by atoms with Crippen LogP contribution in [0.3, 0.4) is 0 Å². The number of likely N-dealkylation sites (tertiary alicyclic amines) is 1. The number of halogens is 2. The molecule has 0 aromatic heterocycles. The molecule has 0 unspecified atom stereocenters. The minimum atomic E-state index is -0.432. The highest BCUT2D eigenvalue weighted by Gasteiger charge is 2.20. The number of benzene rings is 1. The van der Waals surface area contributed by atoms with Crippen LogP contribution in [0.4, 0.5) is 14.5 Å². The third kappa shape index (κ3) is 3.58. The molecule has 3 nitrogen and oxygen atoms in total. The largest absolute Gasteiger partial charge is 0.393 e. The van der Waals surface area contributed by atoms with Gasteiger partial charge in [-0.25, -0.2) is 8.78 Å². The van der Waals surface area contributed by atoms with Crippen LogP contribution in [0.2, 0.25) is 0 Å². The zero-order valence-electron chi connectivity index (χ0n) is 12.9. The maximum atomic E-state index is 14.3. The Balaban J connectivity index is 1.63. The molecule has 3 rings (SSSR count). The Morgan fingerprint density at radius 1 is 1.00 bits per heavy atom. The molecular weight excluding hydrogens is 286 g/mol. The number of piperidine rings is 1. The molecule has 0 bridgehead atoms. The van der Waals surface area contributed by atoms with E-state index in [9.17, 15) is 13.9 Å². The summed E-state index contributed by atoms with van der Waals surface area (Å²) in [5.74, 6) is -0.863. The van der Waals surface area contributed by atoms with Gasteiger partial charge >= 0.3 is 0 Å². The van der Waals surface area contributed by atoms with Crippen molar-refractivity contribution in [2.45, 2.75) is 38.2 Å². The highest BCUT2D eigenvalue weighted by molar-refractivity contribution is 5.49. The van der Waals surface area contributed by atoms with E-state index in [0.29, 0.717) is 18.7 Å². The Labute approximate surface area is 130 Å². The van der Waals surface area contributed by atoms with Crippen LogP contribution in [0.5, 0.6) is 0 Å². The van der Waals surface area contributed by atoms with Crippen LogP contribution in [-0.4, -0.2) is 48.8 Å². The Kier molecular flexibility index (Phi) is 4.93. The second-order valence-electron chi connectivity index (χ2n) is 6.40. The van der Waals surface area contributed by atoms with Crippen molar-refractivity contribution in [2.24, 2.45) is 0 Å². The maximum Gasteiger partial charge on any atom is 0.131 e. The zero-order chi connectivity index (χ0) is 15.5. The number of hydrogen-bond acceptors (Lipinski definition) is 3. The van der Waals surface area contributed by atoms with E-state index in [-0.39, 0.29) is 11.7 Å². The molecule has 0 atom stereocenters. The first-order valence-electron chi connectivity index (χ1n) is 8.27. The number of hydrogen-bond donors (Lipinski definition) is 1. The number of nitrogens with zero attached hydrogens (tertiary/aromatic N) is 2. The minimum Gasteiger partial charge on any atom is -0.393 e. The van der Waals surface area contributed by atoms with Gasteiger partial charge in [-0.1, -0.05) is 0 Å². The molecular formula is C17H24F2N2O. The molecule has 0 radical (unpaired) electrons. The third-order valence-corrected chi connectivity index (χ3v) is 4.83. The summed E-state index contributed by atoms with van der Waals surface area (Å²) in [6, 6.07) is 2.95. The molecule has 22 heavy (non-hydrogen) atoms. The van der Waals surface area contributed by atoms with Crippen LogP contribution in [0.25, 0.3) is 0 Å². The van der Waals surface area contributed by atoms with Crippen molar-refractivity contribution < 1.29 is 13.9 Å². The molecule has 1 aromatic carbocycles. The van der Waals surface area contributed by atoms with Gasteiger partial charge in [-0.15, -0.1) is 0 Å². The van der Waals surface area contributed by atoms with E-state index in [0.717, 1.165) is 51.9 Å². The fourth-order valence-corrected chi connectivity index (χ4v) is 3.40. The van der Waals surface area contributed by atoms with Crippen LogP contribution >= 0.6 is 0 Å². The Hall–Kier alpha value is -1.20. The van der Waals surface area contributed by atoms with Crippen LogP contribution in [0.1, 0.15) is 31.2 Å². The number of rotatable bonds is 4. The van der Waals surface area contributed by atoms with Gasteiger partial charge in [0, 0.05) is 44.0 Å². The standard InChI is InChI=1S/C17H24F2N2O/c18-16-11-13(21-6-1-2-7-21)12-17(19)15(16)5-10-20-8-3-14(22)4-9-20/h11-12,14,22H,1-10H2. The molecule has 1 aromatic rings. The molecule has 2 aliphatic rings. The van der Waals surface area contributed by atoms with Crippen LogP contribution < -0.4 is 4.90 Å². The summed E-state index contributed by atoms with van der Waals surface area (Å²) in [5.41, 5.74) is 0.853. The topological polar surface area (TPSA) is 26.7 Å². The van der Waals surface area contributed by atoms with Crippen molar-refractivity contribution in [3.8, 4) is 0 Å².